The molecule has 14 heavy (non-hydrogen) atoms. The molecule has 0 bridgehead atoms. The van der Waals surface area contributed by atoms with Crippen LogP contribution in [-0.2, 0) is 4.79 Å². The van der Waals surface area contributed by atoms with E-state index in [4.69, 9.17) is 0 Å². The summed E-state index contributed by atoms with van der Waals surface area (Å²) in [5.41, 5.74) is 0.681. The minimum absolute atomic E-state index is 0.0477. The molecule has 0 aliphatic heterocycles. The quantitative estimate of drug-likeness (QED) is 0.491. The Morgan fingerprint density at radius 2 is 2.21 bits per heavy atom. The molecular formula is C12H21NO. The monoisotopic (exact) mass is 195 g/mol. The highest BCUT2D eigenvalue weighted by Gasteiger charge is 2.12. The van der Waals surface area contributed by atoms with E-state index in [9.17, 15) is 4.79 Å². The lowest BCUT2D eigenvalue weighted by atomic mass is 9.96. The van der Waals surface area contributed by atoms with Gasteiger partial charge >= 0.3 is 0 Å². The Bertz CT molecular complexity index is 208. The van der Waals surface area contributed by atoms with Crippen molar-refractivity contribution in [3.05, 3.63) is 24.8 Å². The summed E-state index contributed by atoms with van der Waals surface area (Å²) in [5, 5.41) is 2.73. The number of hydrogen-bond acceptors (Lipinski definition) is 1. The van der Waals surface area contributed by atoms with E-state index in [0.29, 0.717) is 12.1 Å². The van der Waals surface area contributed by atoms with Gasteiger partial charge in [-0.15, -0.1) is 6.58 Å². The predicted octanol–water partition coefficient (Wildman–Crippen LogP) is 2.67. The van der Waals surface area contributed by atoms with E-state index in [1.54, 1.807) is 6.08 Å². The van der Waals surface area contributed by atoms with Gasteiger partial charge in [0.05, 0.1) is 0 Å². The van der Waals surface area contributed by atoms with Crippen LogP contribution >= 0.6 is 0 Å². The Labute approximate surface area is 87.1 Å². The van der Waals surface area contributed by atoms with Crippen molar-refractivity contribution in [2.45, 2.75) is 33.1 Å². The highest BCUT2D eigenvalue weighted by Crippen LogP contribution is 2.15. The van der Waals surface area contributed by atoms with Crippen LogP contribution < -0.4 is 5.32 Å². The summed E-state index contributed by atoms with van der Waals surface area (Å²) in [4.78, 5) is 11.4. The minimum Gasteiger partial charge on any atom is -0.349 e. The summed E-state index contributed by atoms with van der Waals surface area (Å²) in [6.07, 6.45) is 5.01. The van der Waals surface area contributed by atoms with Gasteiger partial charge in [-0.25, -0.2) is 0 Å². The predicted molar refractivity (Wildman–Crippen MR) is 61.0 cm³/mol. The fourth-order valence-corrected chi connectivity index (χ4v) is 1.19. The largest absolute Gasteiger partial charge is 0.349 e. The Morgan fingerprint density at radius 1 is 1.57 bits per heavy atom. The molecule has 2 heteroatoms. The highest BCUT2D eigenvalue weighted by molar-refractivity contribution is 5.93. The van der Waals surface area contributed by atoms with Gasteiger partial charge in [-0.05, 0) is 12.3 Å². The van der Waals surface area contributed by atoms with E-state index in [2.05, 4.69) is 25.4 Å². The SMILES string of the molecule is C=CCNC(=O)C(=C)C(C)CCCC. The number of rotatable bonds is 7. The minimum atomic E-state index is -0.0477. The Kier molecular flexibility index (Phi) is 6.81. The molecule has 0 fully saturated rings. The molecule has 2 nitrogen and oxygen atoms in total. The molecule has 0 saturated heterocycles. The third kappa shape index (κ3) is 4.85. The van der Waals surface area contributed by atoms with E-state index >= 15 is 0 Å². The van der Waals surface area contributed by atoms with Crippen LogP contribution in [0.15, 0.2) is 24.8 Å². The van der Waals surface area contributed by atoms with Gasteiger partial charge in [-0.2, -0.15) is 0 Å². The molecule has 0 aliphatic rings. The van der Waals surface area contributed by atoms with Gasteiger partial charge in [0.1, 0.15) is 0 Å². The van der Waals surface area contributed by atoms with E-state index in [1.807, 2.05) is 6.92 Å². The summed E-state index contributed by atoms with van der Waals surface area (Å²) >= 11 is 0. The first kappa shape index (κ1) is 12.9. The molecule has 1 amide bonds. The fraction of sp³-hybridized carbons (Fsp3) is 0.583. The van der Waals surface area contributed by atoms with Crippen LogP contribution in [-0.4, -0.2) is 12.5 Å². The molecule has 1 atom stereocenters. The summed E-state index contributed by atoms with van der Waals surface area (Å²) in [7, 11) is 0. The summed E-state index contributed by atoms with van der Waals surface area (Å²) in [6.45, 7) is 12.1. The smallest absolute Gasteiger partial charge is 0.247 e. The van der Waals surface area contributed by atoms with Gasteiger partial charge in [0, 0.05) is 12.1 Å². The number of carbonyl (C=O) groups excluding carboxylic acids is 1. The third-order valence-corrected chi connectivity index (χ3v) is 2.28. The standard InChI is InChI=1S/C12H21NO/c1-5-7-8-10(3)11(4)12(14)13-9-6-2/h6,10H,2,4-5,7-9H2,1,3H3,(H,13,14). The third-order valence-electron chi connectivity index (χ3n) is 2.28. The first-order chi connectivity index (χ1) is 6.63. The van der Waals surface area contributed by atoms with Crippen LogP contribution in [0.4, 0.5) is 0 Å². The number of hydrogen-bond donors (Lipinski definition) is 1. The van der Waals surface area contributed by atoms with Crippen LogP contribution in [0, 0.1) is 5.92 Å². The van der Waals surface area contributed by atoms with Crippen LogP contribution in [0.25, 0.3) is 0 Å². The highest BCUT2D eigenvalue weighted by atomic mass is 16.1. The molecule has 0 aromatic heterocycles. The van der Waals surface area contributed by atoms with Crippen molar-refractivity contribution in [1.82, 2.24) is 5.32 Å². The van der Waals surface area contributed by atoms with Gasteiger partial charge in [0.2, 0.25) is 5.91 Å². The molecule has 0 radical (unpaired) electrons. The van der Waals surface area contributed by atoms with Crippen molar-refractivity contribution in [2.75, 3.05) is 6.54 Å². The topological polar surface area (TPSA) is 29.1 Å². The van der Waals surface area contributed by atoms with E-state index < -0.39 is 0 Å². The fourth-order valence-electron chi connectivity index (χ4n) is 1.19. The van der Waals surface area contributed by atoms with Gasteiger partial charge in [-0.3, -0.25) is 4.79 Å². The second kappa shape index (κ2) is 7.36. The second-order valence-corrected chi connectivity index (χ2v) is 3.57. The zero-order valence-corrected chi connectivity index (χ0v) is 9.31. The lowest BCUT2D eigenvalue weighted by Gasteiger charge is -2.13. The van der Waals surface area contributed by atoms with Gasteiger partial charge in [0.15, 0.2) is 0 Å². The second-order valence-electron chi connectivity index (χ2n) is 3.57. The zero-order valence-electron chi connectivity index (χ0n) is 9.31. The molecule has 0 aromatic rings. The summed E-state index contributed by atoms with van der Waals surface area (Å²) in [6, 6.07) is 0. The maximum atomic E-state index is 11.4. The molecule has 0 aromatic carbocycles. The number of nitrogens with one attached hydrogen (secondary N) is 1. The lowest BCUT2D eigenvalue weighted by molar-refractivity contribution is -0.117. The molecule has 80 valence electrons. The lowest BCUT2D eigenvalue weighted by Crippen LogP contribution is -2.27. The number of unbranched alkanes of at least 4 members (excludes halogenated alkanes) is 1. The number of carbonyl (C=O) groups is 1. The Balaban J connectivity index is 3.90. The average molecular weight is 195 g/mol. The molecule has 0 saturated carbocycles. The molecule has 1 unspecified atom stereocenters. The average Bonchev–Trinajstić information content (AvgIpc) is 2.21. The van der Waals surface area contributed by atoms with Gasteiger partial charge < -0.3 is 5.32 Å². The van der Waals surface area contributed by atoms with Crippen molar-refractivity contribution < 1.29 is 4.79 Å². The Hall–Kier alpha value is -1.05. The van der Waals surface area contributed by atoms with Crippen LogP contribution in [0.2, 0.25) is 0 Å². The number of amides is 1. The van der Waals surface area contributed by atoms with Crippen LogP contribution in [0.5, 0.6) is 0 Å². The first-order valence-electron chi connectivity index (χ1n) is 5.21. The van der Waals surface area contributed by atoms with Crippen LogP contribution in [0.1, 0.15) is 33.1 Å². The molecule has 0 rings (SSSR count). The van der Waals surface area contributed by atoms with Crippen molar-refractivity contribution in [1.29, 1.82) is 0 Å². The van der Waals surface area contributed by atoms with Crippen molar-refractivity contribution >= 4 is 5.91 Å². The maximum absolute atomic E-state index is 11.4. The molecule has 1 N–H and O–H groups in total. The first-order valence-corrected chi connectivity index (χ1v) is 5.21. The molecule has 0 aliphatic carbocycles. The van der Waals surface area contributed by atoms with E-state index in [-0.39, 0.29) is 11.8 Å². The van der Waals surface area contributed by atoms with Crippen molar-refractivity contribution in [3.63, 3.8) is 0 Å². The zero-order chi connectivity index (χ0) is 11.0. The molecule has 0 spiro atoms. The molecule has 0 heterocycles. The summed E-state index contributed by atoms with van der Waals surface area (Å²) < 4.78 is 0. The van der Waals surface area contributed by atoms with Crippen molar-refractivity contribution in [3.8, 4) is 0 Å². The Morgan fingerprint density at radius 3 is 2.71 bits per heavy atom. The van der Waals surface area contributed by atoms with Crippen molar-refractivity contribution in [2.24, 2.45) is 5.92 Å². The molecular weight excluding hydrogens is 174 g/mol. The van der Waals surface area contributed by atoms with Crippen LogP contribution in [0.3, 0.4) is 0 Å². The van der Waals surface area contributed by atoms with E-state index in [1.165, 1.54) is 0 Å². The van der Waals surface area contributed by atoms with Gasteiger partial charge in [0.25, 0.3) is 0 Å². The normalized spacial score (nSPS) is 11.9. The van der Waals surface area contributed by atoms with Gasteiger partial charge in [-0.1, -0.05) is 39.3 Å². The van der Waals surface area contributed by atoms with E-state index in [0.717, 1.165) is 19.3 Å². The maximum Gasteiger partial charge on any atom is 0.247 e. The summed E-state index contributed by atoms with van der Waals surface area (Å²) in [5.74, 6) is 0.230.